The molecule has 1 aliphatic rings. The van der Waals surface area contributed by atoms with Crippen molar-refractivity contribution in [2.24, 2.45) is 0 Å². The lowest BCUT2D eigenvalue weighted by Gasteiger charge is -2.23. The number of methoxy groups -OCH3 is 1. The van der Waals surface area contributed by atoms with Gasteiger partial charge in [-0.2, -0.15) is 0 Å². The molecule has 7 nitrogen and oxygen atoms in total. The second-order valence-corrected chi connectivity index (χ2v) is 5.76. The third-order valence-electron chi connectivity index (χ3n) is 4.23. The SMILES string of the molecule is COc1cncc(-c2cnc(NC3CCOCC3)c3nccn23)c1. The summed E-state index contributed by atoms with van der Waals surface area (Å²) in [5, 5.41) is 3.50. The van der Waals surface area contributed by atoms with E-state index in [1.54, 1.807) is 25.7 Å². The van der Waals surface area contributed by atoms with Crippen LogP contribution in [0.2, 0.25) is 0 Å². The highest BCUT2D eigenvalue weighted by atomic mass is 16.5. The molecule has 24 heavy (non-hydrogen) atoms. The van der Waals surface area contributed by atoms with Gasteiger partial charge < -0.3 is 14.8 Å². The van der Waals surface area contributed by atoms with Crippen LogP contribution in [0.1, 0.15) is 12.8 Å². The molecule has 0 saturated carbocycles. The fourth-order valence-electron chi connectivity index (χ4n) is 2.94. The minimum Gasteiger partial charge on any atom is -0.495 e. The van der Waals surface area contributed by atoms with Crippen molar-refractivity contribution in [2.75, 3.05) is 25.6 Å². The van der Waals surface area contributed by atoms with Crippen molar-refractivity contribution in [2.45, 2.75) is 18.9 Å². The maximum Gasteiger partial charge on any atom is 0.180 e. The Morgan fingerprint density at radius 2 is 2.08 bits per heavy atom. The molecule has 3 aromatic rings. The Hall–Kier alpha value is -2.67. The van der Waals surface area contributed by atoms with Gasteiger partial charge in [-0.25, -0.2) is 9.97 Å². The van der Waals surface area contributed by atoms with Crippen LogP contribution >= 0.6 is 0 Å². The number of imidazole rings is 1. The first-order chi connectivity index (χ1) is 11.8. The summed E-state index contributed by atoms with van der Waals surface area (Å²) in [6, 6.07) is 2.31. The zero-order valence-electron chi connectivity index (χ0n) is 13.5. The molecule has 0 atom stereocenters. The van der Waals surface area contributed by atoms with Gasteiger partial charge in [0, 0.05) is 43.4 Å². The van der Waals surface area contributed by atoms with Gasteiger partial charge in [-0.15, -0.1) is 0 Å². The van der Waals surface area contributed by atoms with Crippen molar-refractivity contribution >= 4 is 11.5 Å². The molecule has 7 heteroatoms. The van der Waals surface area contributed by atoms with Crippen LogP contribution in [0.15, 0.2) is 37.1 Å². The zero-order chi connectivity index (χ0) is 16.4. The van der Waals surface area contributed by atoms with Gasteiger partial charge in [0.05, 0.1) is 25.2 Å². The van der Waals surface area contributed by atoms with Gasteiger partial charge in [-0.1, -0.05) is 0 Å². The van der Waals surface area contributed by atoms with E-state index in [9.17, 15) is 0 Å². The van der Waals surface area contributed by atoms with Gasteiger partial charge in [0.25, 0.3) is 0 Å². The number of hydrogen-bond acceptors (Lipinski definition) is 6. The highest BCUT2D eigenvalue weighted by molar-refractivity contribution is 5.70. The van der Waals surface area contributed by atoms with Crippen LogP contribution in [-0.4, -0.2) is 45.7 Å². The van der Waals surface area contributed by atoms with E-state index in [0.29, 0.717) is 11.8 Å². The number of pyridine rings is 1. The summed E-state index contributed by atoms with van der Waals surface area (Å²) in [6.45, 7) is 1.58. The molecule has 4 heterocycles. The second-order valence-electron chi connectivity index (χ2n) is 5.76. The smallest absolute Gasteiger partial charge is 0.180 e. The molecule has 0 aliphatic carbocycles. The number of ether oxygens (including phenoxy) is 2. The Labute approximate surface area is 139 Å². The Balaban J connectivity index is 1.71. The lowest BCUT2D eigenvalue weighted by atomic mass is 10.1. The summed E-state index contributed by atoms with van der Waals surface area (Å²) in [5.41, 5.74) is 2.66. The molecular weight excluding hydrogens is 306 g/mol. The predicted molar refractivity (Wildman–Crippen MR) is 90.2 cm³/mol. The third-order valence-corrected chi connectivity index (χ3v) is 4.23. The number of anilines is 1. The molecule has 0 aromatic carbocycles. The zero-order valence-corrected chi connectivity index (χ0v) is 13.5. The van der Waals surface area contributed by atoms with Crippen LogP contribution in [0.3, 0.4) is 0 Å². The average Bonchev–Trinajstić information content (AvgIpc) is 3.13. The molecular formula is C17H19N5O2. The quantitative estimate of drug-likeness (QED) is 0.794. The van der Waals surface area contributed by atoms with Gasteiger partial charge in [0.15, 0.2) is 11.5 Å². The molecule has 4 rings (SSSR count). The van der Waals surface area contributed by atoms with Crippen molar-refractivity contribution in [1.29, 1.82) is 0 Å². The van der Waals surface area contributed by atoms with Crippen molar-refractivity contribution in [3.05, 3.63) is 37.1 Å². The summed E-state index contributed by atoms with van der Waals surface area (Å²) in [7, 11) is 1.63. The predicted octanol–water partition coefficient (Wildman–Crippen LogP) is 2.39. The van der Waals surface area contributed by atoms with Crippen molar-refractivity contribution < 1.29 is 9.47 Å². The third kappa shape index (κ3) is 2.78. The van der Waals surface area contributed by atoms with Gasteiger partial charge in [-0.3, -0.25) is 9.38 Å². The molecule has 1 saturated heterocycles. The first-order valence-corrected chi connectivity index (χ1v) is 8.01. The maximum atomic E-state index is 5.41. The summed E-state index contributed by atoms with van der Waals surface area (Å²) in [5.74, 6) is 1.51. The molecule has 1 aliphatic heterocycles. The lowest BCUT2D eigenvalue weighted by molar-refractivity contribution is 0.0904. The van der Waals surface area contributed by atoms with Crippen LogP contribution < -0.4 is 10.1 Å². The van der Waals surface area contributed by atoms with Gasteiger partial charge in [0.2, 0.25) is 0 Å². The normalized spacial score (nSPS) is 15.5. The summed E-state index contributed by atoms with van der Waals surface area (Å²) < 4.78 is 12.7. The highest BCUT2D eigenvalue weighted by Gasteiger charge is 2.17. The number of nitrogens with one attached hydrogen (secondary N) is 1. The minimum absolute atomic E-state index is 0.371. The van der Waals surface area contributed by atoms with Gasteiger partial charge in [0.1, 0.15) is 5.75 Å². The average molecular weight is 325 g/mol. The number of hydrogen-bond donors (Lipinski definition) is 1. The van der Waals surface area contributed by atoms with Crippen LogP contribution in [0.5, 0.6) is 5.75 Å². The lowest BCUT2D eigenvalue weighted by Crippen LogP contribution is -2.28. The van der Waals surface area contributed by atoms with Crippen LogP contribution in [0.4, 0.5) is 5.82 Å². The molecule has 3 aromatic heterocycles. The molecule has 0 spiro atoms. The monoisotopic (exact) mass is 325 g/mol. The Kier molecular flexibility index (Phi) is 4.00. The van der Waals surface area contributed by atoms with Crippen molar-refractivity contribution in [1.82, 2.24) is 19.4 Å². The van der Waals surface area contributed by atoms with Crippen molar-refractivity contribution in [3.8, 4) is 17.0 Å². The molecule has 0 bridgehead atoms. The van der Waals surface area contributed by atoms with E-state index in [1.165, 1.54) is 0 Å². The van der Waals surface area contributed by atoms with E-state index in [0.717, 1.165) is 48.8 Å². The second kappa shape index (κ2) is 6.45. The van der Waals surface area contributed by atoms with Crippen LogP contribution in [0.25, 0.3) is 16.9 Å². The van der Waals surface area contributed by atoms with E-state index in [1.807, 2.05) is 22.9 Å². The Morgan fingerprint density at radius 1 is 1.21 bits per heavy atom. The van der Waals surface area contributed by atoms with Gasteiger partial charge >= 0.3 is 0 Å². The Morgan fingerprint density at radius 3 is 2.92 bits per heavy atom. The minimum atomic E-state index is 0.371. The number of fused-ring (bicyclic) bond motifs is 1. The number of nitrogens with zero attached hydrogens (tertiary/aromatic N) is 4. The first-order valence-electron chi connectivity index (χ1n) is 8.01. The summed E-state index contributed by atoms with van der Waals surface area (Å²) in [4.78, 5) is 13.3. The standard InChI is InChI=1S/C17H19N5O2/c1-23-14-8-12(9-18-10-14)15-11-20-16(17-19-4-5-22(15)17)21-13-2-6-24-7-3-13/h4-5,8-11,13H,2-3,6-7H2,1H3,(H,20,21). The molecule has 1 N–H and O–H groups in total. The molecule has 0 unspecified atom stereocenters. The van der Waals surface area contributed by atoms with E-state index in [4.69, 9.17) is 9.47 Å². The van der Waals surface area contributed by atoms with Gasteiger partial charge in [-0.05, 0) is 18.9 Å². The number of aromatic nitrogens is 4. The van der Waals surface area contributed by atoms with Crippen LogP contribution in [0, 0.1) is 0 Å². The van der Waals surface area contributed by atoms with E-state index in [-0.39, 0.29) is 0 Å². The summed E-state index contributed by atoms with van der Waals surface area (Å²) in [6.07, 6.45) is 11.0. The molecule has 0 radical (unpaired) electrons. The fourth-order valence-corrected chi connectivity index (χ4v) is 2.94. The van der Waals surface area contributed by atoms with E-state index >= 15 is 0 Å². The topological polar surface area (TPSA) is 73.6 Å². The Bertz CT molecular complexity index is 842. The summed E-state index contributed by atoms with van der Waals surface area (Å²) >= 11 is 0. The van der Waals surface area contributed by atoms with E-state index < -0.39 is 0 Å². The first kappa shape index (κ1) is 14.9. The largest absolute Gasteiger partial charge is 0.495 e. The van der Waals surface area contributed by atoms with E-state index in [2.05, 4.69) is 20.3 Å². The highest BCUT2D eigenvalue weighted by Crippen LogP contribution is 2.26. The molecule has 0 amide bonds. The molecule has 124 valence electrons. The fraction of sp³-hybridized carbons (Fsp3) is 0.353. The number of rotatable bonds is 4. The molecule has 1 fully saturated rings. The van der Waals surface area contributed by atoms with Crippen LogP contribution in [-0.2, 0) is 4.74 Å². The van der Waals surface area contributed by atoms with Crippen molar-refractivity contribution in [3.63, 3.8) is 0 Å². The maximum absolute atomic E-state index is 5.41.